The van der Waals surface area contributed by atoms with Crippen LogP contribution in [0.15, 0.2) is 42.7 Å². The Kier molecular flexibility index (Phi) is 6.65. The van der Waals surface area contributed by atoms with Gasteiger partial charge in [0.15, 0.2) is 5.60 Å². The lowest BCUT2D eigenvalue weighted by atomic mass is 9.73. The summed E-state index contributed by atoms with van der Waals surface area (Å²) in [6.45, 7) is 5.25. The van der Waals surface area contributed by atoms with Crippen molar-refractivity contribution in [2.24, 2.45) is 11.8 Å². The molecule has 0 aromatic heterocycles. The zero-order valence-electron chi connectivity index (χ0n) is 17.4. The highest BCUT2D eigenvalue weighted by molar-refractivity contribution is 5.81. The molecular formula is C23H34N2O3. The number of esters is 1. The Morgan fingerprint density at radius 3 is 2.50 bits per heavy atom. The first-order valence-electron chi connectivity index (χ1n) is 10.6. The minimum absolute atomic E-state index is 0.0858. The molecule has 154 valence electrons. The van der Waals surface area contributed by atoms with E-state index in [0.717, 1.165) is 25.7 Å². The summed E-state index contributed by atoms with van der Waals surface area (Å²) in [6.07, 6.45) is 9.34. The molecule has 1 heterocycles. The van der Waals surface area contributed by atoms with Crippen molar-refractivity contribution in [2.45, 2.75) is 57.7 Å². The molecule has 1 aromatic carbocycles. The van der Waals surface area contributed by atoms with Gasteiger partial charge in [-0.3, -0.25) is 0 Å². The molecule has 1 fully saturated rings. The molecule has 1 aliphatic carbocycles. The molecule has 3 rings (SSSR count). The molecule has 2 atom stereocenters. The van der Waals surface area contributed by atoms with Gasteiger partial charge in [-0.15, -0.1) is 0 Å². The van der Waals surface area contributed by atoms with E-state index in [-0.39, 0.29) is 18.7 Å². The monoisotopic (exact) mass is 386 g/mol. The number of rotatable bonds is 7. The summed E-state index contributed by atoms with van der Waals surface area (Å²) in [5.74, 6) is -0.139. The normalized spacial score (nSPS) is 22.5. The van der Waals surface area contributed by atoms with Gasteiger partial charge >= 0.3 is 5.97 Å². The SMILES string of the molecule is CC(C)C1N(C)C=CN1CCOC(=O)C(O)(c1ccccc1)C1CCCCC1. The maximum Gasteiger partial charge on any atom is 0.343 e. The third kappa shape index (κ3) is 4.19. The van der Waals surface area contributed by atoms with Crippen LogP contribution in [0, 0.1) is 11.8 Å². The van der Waals surface area contributed by atoms with Gasteiger partial charge in [-0.25, -0.2) is 4.79 Å². The zero-order chi connectivity index (χ0) is 20.1. The first-order valence-corrected chi connectivity index (χ1v) is 10.6. The largest absolute Gasteiger partial charge is 0.461 e. The fraction of sp³-hybridized carbons (Fsp3) is 0.609. The van der Waals surface area contributed by atoms with Crippen molar-refractivity contribution in [3.63, 3.8) is 0 Å². The highest BCUT2D eigenvalue weighted by atomic mass is 16.5. The second-order valence-corrected chi connectivity index (χ2v) is 8.46. The fourth-order valence-corrected chi connectivity index (χ4v) is 4.75. The fourth-order valence-electron chi connectivity index (χ4n) is 4.75. The summed E-state index contributed by atoms with van der Waals surface area (Å²) in [6, 6.07) is 9.31. The Morgan fingerprint density at radius 2 is 1.86 bits per heavy atom. The van der Waals surface area contributed by atoms with Crippen molar-refractivity contribution >= 4 is 5.97 Å². The Labute approximate surface area is 169 Å². The van der Waals surface area contributed by atoms with Crippen LogP contribution in [0.2, 0.25) is 0 Å². The van der Waals surface area contributed by atoms with Crippen LogP contribution in [0.4, 0.5) is 0 Å². The summed E-state index contributed by atoms with van der Waals surface area (Å²) in [5, 5.41) is 11.5. The molecule has 1 saturated carbocycles. The van der Waals surface area contributed by atoms with Crippen LogP contribution in [-0.2, 0) is 15.1 Å². The lowest BCUT2D eigenvalue weighted by Crippen LogP contribution is -2.46. The predicted molar refractivity (Wildman–Crippen MR) is 110 cm³/mol. The quantitative estimate of drug-likeness (QED) is 0.724. The average molecular weight is 387 g/mol. The highest BCUT2D eigenvalue weighted by Crippen LogP contribution is 2.40. The van der Waals surface area contributed by atoms with E-state index in [9.17, 15) is 9.90 Å². The second kappa shape index (κ2) is 8.99. The van der Waals surface area contributed by atoms with Gasteiger partial charge in [0.1, 0.15) is 12.8 Å². The Morgan fingerprint density at radius 1 is 1.18 bits per heavy atom. The number of carbonyl (C=O) groups excluding carboxylic acids is 1. The number of nitrogens with zero attached hydrogens (tertiary/aromatic N) is 2. The van der Waals surface area contributed by atoms with Gasteiger partial charge in [0.25, 0.3) is 0 Å². The smallest absolute Gasteiger partial charge is 0.343 e. The molecule has 1 aromatic rings. The van der Waals surface area contributed by atoms with Crippen LogP contribution in [0.1, 0.15) is 51.5 Å². The molecule has 0 amide bonds. The summed E-state index contributed by atoms with van der Waals surface area (Å²) in [7, 11) is 2.06. The van der Waals surface area contributed by atoms with Crippen molar-refractivity contribution in [2.75, 3.05) is 20.2 Å². The van der Waals surface area contributed by atoms with Crippen LogP contribution in [0.25, 0.3) is 0 Å². The first-order chi connectivity index (χ1) is 13.4. The standard InChI is InChI=1S/C23H34N2O3/c1-18(2)21-24(3)14-15-25(21)16-17-28-22(26)23(27,19-10-6-4-7-11-19)20-12-8-5-9-13-20/h4,6-7,10-11,14-15,18,20-21,27H,5,8-9,12-13,16-17H2,1-3H3. The lowest BCUT2D eigenvalue weighted by Gasteiger charge is -2.37. The van der Waals surface area contributed by atoms with Crippen LogP contribution >= 0.6 is 0 Å². The van der Waals surface area contributed by atoms with Gasteiger partial charge < -0.3 is 19.6 Å². The Bertz CT molecular complexity index is 670. The third-order valence-electron chi connectivity index (χ3n) is 6.15. The summed E-state index contributed by atoms with van der Waals surface area (Å²) in [4.78, 5) is 17.5. The van der Waals surface area contributed by atoms with E-state index < -0.39 is 11.6 Å². The summed E-state index contributed by atoms with van der Waals surface area (Å²) < 4.78 is 5.66. The van der Waals surface area contributed by atoms with E-state index in [1.54, 1.807) is 0 Å². The van der Waals surface area contributed by atoms with E-state index in [0.29, 0.717) is 18.0 Å². The average Bonchev–Trinajstić information content (AvgIpc) is 3.09. The van der Waals surface area contributed by atoms with Gasteiger partial charge in [-0.05, 0) is 24.3 Å². The third-order valence-corrected chi connectivity index (χ3v) is 6.15. The maximum absolute atomic E-state index is 13.1. The molecule has 0 spiro atoms. The Balaban J connectivity index is 1.68. The molecule has 5 heteroatoms. The maximum atomic E-state index is 13.1. The van der Waals surface area contributed by atoms with Crippen molar-refractivity contribution in [1.82, 2.24) is 9.80 Å². The molecule has 2 aliphatic rings. The van der Waals surface area contributed by atoms with Crippen molar-refractivity contribution in [3.8, 4) is 0 Å². The predicted octanol–water partition coefficient (Wildman–Crippen LogP) is 3.70. The van der Waals surface area contributed by atoms with E-state index >= 15 is 0 Å². The second-order valence-electron chi connectivity index (χ2n) is 8.46. The van der Waals surface area contributed by atoms with E-state index in [1.807, 2.05) is 36.5 Å². The number of hydrogen-bond donors (Lipinski definition) is 1. The highest BCUT2D eigenvalue weighted by Gasteiger charge is 2.47. The molecule has 2 unspecified atom stereocenters. The number of hydrogen-bond acceptors (Lipinski definition) is 5. The number of aliphatic hydroxyl groups is 1. The topological polar surface area (TPSA) is 53.0 Å². The van der Waals surface area contributed by atoms with Crippen LogP contribution in [0.3, 0.4) is 0 Å². The van der Waals surface area contributed by atoms with Gasteiger partial charge in [0.05, 0.1) is 6.54 Å². The molecule has 0 saturated heterocycles. The van der Waals surface area contributed by atoms with Crippen molar-refractivity contribution < 1.29 is 14.6 Å². The lowest BCUT2D eigenvalue weighted by molar-refractivity contribution is -0.176. The van der Waals surface area contributed by atoms with E-state index in [2.05, 4.69) is 36.9 Å². The summed E-state index contributed by atoms with van der Waals surface area (Å²) in [5.41, 5.74) is -0.913. The summed E-state index contributed by atoms with van der Waals surface area (Å²) >= 11 is 0. The van der Waals surface area contributed by atoms with Crippen LogP contribution in [-0.4, -0.2) is 47.2 Å². The molecule has 28 heavy (non-hydrogen) atoms. The van der Waals surface area contributed by atoms with Crippen molar-refractivity contribution in [1.29, 1.82) is 0 Å². The number of benzene rings is 1. The molecule has 1 aliphatic heterocycles. The van der Waals surface area contributed by atoms with E-state index in [1.165, 1.54) is 6.42 Å². The van der Waals surface area contributed by atoms with Gasteiger partial charge in [-0.1, -0.05) is 63.4 Å². The van der Waals surface area contributed by atoms with Crippen LogP contribution < -0.4 is 0 Å². The molecule has 5 nitrogen and oxygen atoms in total. The Hall–Kier alpha value is -2.01. The van der Waals surface area contributed by atoms with Crippen molar-refractivity contribution in [3.05, 3.63) is 48.3 Å². The van der Waals surface area contributed by atoms with Gasteiger partial charge in [0.2, 0.25) is 0 Å². The molecule has 1 N–H and O–H groups in total. The van der Waals surface area contributed by atoms with Crippen LogP contribution in [0.5, 0.6) is 0 Å². The van der Waals surface area contributed by atoms with Gasteiger partial charge in [-0.2, -0.15) is 0 Å². The zero-order valence-corrected chi connectivity index (χ0v) is 17.4. The van der Waals surface area contributed by atoms with E-state index in [4.69, 9.17) is 4.74 Å². The molecule has 0 bridgehead atoms. The number of carbonyl (C=O) groups is 1. The molecule has 0 radical (unpaired) electrons. The first kappa shape index (κ1) is 20.7. The van der Waals surface area contributed by atoms with Gasteiger partial charge in [0, 0.05) is 25.4 Å². The molecular weight excluding hydrogens is 352 g/mol. The number of ether oxygens (including phenoxy) is 1. The minimum atomic E-state index is -1.56. The minimum Gasteiger partial charge on any atom is -0.461 e.